The third-order valence-electron chi connectivity index (χ3n) is 3.36. The minimum Gasteiger partial charge on any atom is -0.370 e. The molecular formula is C17H25N5. The summed E-state index contributed by atoms with van der Waals surface area (Å²) in [6.45, 7) is 7.92. The lowest BCUT2D eigenvalue weighted by atomic mass is 10.1. The number of hydrogen-bond acceptors (Lipinski definition) is 2. The molecule has 5 heteroatoms. The Labute approximate surface area is 132 Å². The van der Waals surface area contributed by atoms with E-state index in [0.29, 0.717) is 18.4 Å². The molecule has 5 nitrogen and oxygen atoms in total. The first kappa shape index (κ1) is 16.1. The predicted octanol–water partition coefficient (Wildman–Crippen LogP) is 3.03. The van der Waals surface area contributed by atoms with Crippen LogP contribution >= 0.6 is 0 Å². The zero-order chi connectivity index (χ0) is 15.9. The molecule has 22 heavy (non-hydrogen) atoms. The first-order valence-electron chi connectivity index (χ1n) is 7.74. The van der Waals surface area contributed by atoms with Crippen LogP contribution in [0.2, 0.25) is 0 Å². The van der Waals surface area contributed by atoms with E-state index in [-0.39, 0.29) is 0 Å². The van der Waals surface area contributed by atoms with E-state index in [4.69, 9.17) is 5.73 Å². The fraction of sp³-hybridized carbons (Fsp3) is 0.412. The number of nitrogens with zero attached hydrogens (tertiary/aromatic N) is 3. The van der Waals surface area contributed by atoms with Crippen molar-refractivity contribution in [3.05, 3.63) is 48.0 Å². The van der Waals surface area contributed by atoms with E-state index >= 15 is 0 Å². The molecule has 0 aliphatic rings. The average molecular weight is 299 g/mol. The molecule has 3 N–H and O–H groups in total. The highest BCUT2D eigenvalue weighted by Gasteiger charge is 2.04. The van der Waals surface area contributed by atoms with Crippen molar-refractivity contribution >= 4 is 11.6 Å². The molecule has 2 aromatic rings. The van der Waals surface area contributed by atoms with E-state index in [1.54, 1.807) is 0 Å². The molecule has 0 saturated carbocycles. The Kier molecular flexibility index (Phi) is 5.58. The monoisotopic (exact) mass is 299 g/mol. The van der Waals surface area contributed by atoms with Crippen molar-refractivity contribution < 1.29 is 0 Å². The smallest absolute Gasteiger partial charge is 0.193 e. The number of anilines is 1. The van der Waals surface area contributed by atoms with E-state index in [0.717, 1.165) is 24.5 Å². The number of nitrogens with two attached hydrogens (primary N) is 1. The summed E-state index contributed by atoms with van der Waals surface area (Å²) < 4.78 is 2.12. The zero-order valence-electron chi connectivity index (χ0n) is 13.6. The van der Waals surface area contributed by atoms with E-state index in [1.807, 2.05) is 24.5 Å². The van der Waals surface area contributed by atoms with E-state index < -0.39 is 0 Å². The largest absolute Gasteiger partial charge is 0.370 e. The summed E-state index contributed by atoms with van der Waals surface area (Å²) in [4.78, 5) is 8.73. The number of aryl methyl sites for hydroxylation is 1. The van der Waals surface area contributed by atoms with Gasteiger partial charge in [0, 0.05) is 24.6 Å². The maximum atomic E-state index is 5.97. The van der Waals surface area contributed by atoms with Crippen molar-refractivity contribution in [2.24, 2.45) is 16.6 Å². The maximum absolute atomic E-state index is 5.97. The van der Waals surface area contributed by atoms with Crippen molar-refractivity contribution in [1.82, 2.24) is 9.55 Å². The van der Waals surface area contributed by atoms with Gasteiger partial charge in [0.25, 0.3) is 0 Å². The standard InChI is InChI=1S/C17H25N5/c1-4-14-6-5-7-15(10-14)21-17(18)20-11-16-19-8-9-22(16)12-13(2)3/h5-10,13H,4,11-12H2,1-3H3,(H3,18,20,21). The van der Waals surface area contributed by atoms with Crippen molar-refractivity contribution in [2.75, 3.05) is 5.32 Å². The Balaban J connectivity index is 1.99. The van der Waals surface area contributed by atoms with Crippen LogP contribution in [-0.4, -0.2) is 15.5 Å². The van der Waals surface area contributed by atoms with Crippen molar-refractivity contribution in [3.63, 3.8) is 0 Å². The van der Waals surface area contributed by atoms with Gasteiger partial charge in [0.05, 0.1) is 0 Å². The molecule has 0 fully saturated rings. The average Bonchev–Trinajstić information content (AvgIpc) is 2.91. The molecule has 1 aromatic carbocycles. The van der Waals surface area contributed by atoms with Gasteiger partial charge in [-0.3, -0.25) is 0 Å². The highest BCUT2D eigenvalue weighted by atomic mass is 15.1. The Morgan fingerprint density at radius 1 is 1.41 bits per heavy atom. The minimum atomic E-state index is 0.410. The van der Waals surface area contributed by atoms with Gasteiger partial charge in [-0.1, -0.05) is 32.9 Å². The fourth-order valence-electron chi connectivity index (χ4n) is 2.26. The molecular weight excluding hydrogens is 274 g/mol. The normalized spacial score (nSPS) is 11.9. The molecule has 118 valence electrons. The SMILES string of the molecule is CCc1cccc(NC(N)=NCc2nccn2CC(C)C)c1. The van der Waals surface area contributed by atoms with E-state index in [2.05, 4.69) is 52.8 Å². The van der Waals surface area contributed by atoms with Gasteiger partial charge in [-0.2, -0.15) is 0 Å². The molecule has 0 unspecified atom stereocenters. The van der Waals surface area contributed by atoms with Gasteiger partial charge in [-0.15, -0.1) is 0 Å². The van der Waals surface area contributed by atoms with E-state index in [9.17, 15) is 0 Å². The van der Waals surface area contributed by atoms with Crippen LogP contribution in [0.1, 0.15) is 32.2 Å². The van der Waals surface area contributed by atoms with Crippen molar-refractivity contribution in [3.8, 4) is 0 Å². The van der Waals surface area contributed by atoms with Gasteiger partial charge in [0.1, 0.15) is 12.4 Å². The highest BCUT2D eigenvalue weighted by Crippen LogP contribution is 2.11. The lowest BCUT2D eigenvalue weighted by molar-refractivity contribution is 0.507. The lowest BCUT2D eigenvalue weighted by Crippen LogP contribution is -2.23. The van der Waals surface area contributed by atoms with Gasteiger partial charge < -0.3 is 15.6 Å². The molecule has 0 amide bonds. The van der Waals surface area contributed by atoms with E-state index in [1.165, 1.54) is 5.56 Å². The quantitative estimate of drug-likeness (QED) is 0.636. The summed E-state index contributed by atoms with van der Waals surface area (Å²) in [5.41, 5.74) is 8.20. The number of nitrogens with one attached hydrogen (secondary N) is 1. The number of aliphatic imine (C=N–C) groups is 1. The molecule has 0 atom stereocenters. The Hall–Kier alpha value is -2.30. The van der Waals surface area contributed by atoms with Crippen LogP contribution < -0.4 is 11.1 Å². The second-order valence-corrected chi connectivity index (χ2v) is 5.77. The third kappa shape index (κ3) is 4.62. The molecule has 1 heterocycles. The van der Waals surface area contributed by atoms with Crippen molar-refractivity contribution in [1.29, 1.82) is 0 Å². The Bertz CT molecular complexity index is 627. The third-order valence-corrected chi connectivity index (χ3v) is 3.36. The Morgan fingerprint density at radius 2 is 2.23 bits per heavy atom. The first-order chi connectivity index (χ1) is 10.6. The molecule has 1 aromatic heterocycles. The van der Waals surface area contributed by atoms with Gasteiger partial charge in [-0.05, 0) is 30.0 Å². The van der Waals surface area contributed by atoms with Gasteiger partial charge in [0.2, 0.25) is 0 Å². The zero-order valence-corrected chi connectivity index (χ0v) is 13.6. The summed E-state index contributed by atoms with van der Waals surface area (Å²) >= 11 is 0. The number of rotatable bonds is 6. The van der Waals surface area contributed by atoms with Crippen LogP contribution in [0, 0.1) is 5.92 Å². The summed E-state index contributed by atoms with van der Waals surface area (Å²) in [6.07, 6.45) is 4.79. The van der Waals surface area contributed by atoms with Gasteiger partial charge in [-0.25, -0.2) is 9.98 Å². The number of aromatic nitrogens is 2. The van der Waals surface area contributed by atoms with Gasteiger partial charge in [0.15, 0.2) is 5.96 Å². The maximum Gasteiger partial charge on any atom is 0.193 e. The second-order valence-electron chi connectivity index (χ2n) is 5.77. The number of benzene rings is 1. The minimum absolute atomic E-state index is 0.410. The van der Waals surface area contributed by atoms with Crippen LogP contribution in [0.5, 0.6) is 0 Å². The summed E-state index contributed by atoms with van der Waals surface area (Å²) in [5, 5.41) is 3.13. The van der Waals surface area contributed by atoms with Gasteiger partial charge >= 0.3 is 0 Å². The van der Waals surface area contributed by atoms with Crippen molar-refractivity contribution in [2.45, 2.75) is 40.3 Å². The highest BCUT2D eigenvalue weighted by molar-refractivity contribution is 5.92. The molecule has 0 aliphatic carbocycles. The van der Waals surface area contributed by atoms with Crippen LogP contribution in [0.15, 0.2) is 41.7 Å². The predicted molar refractivity (Wildman–Crippen MR) is 91.8 cm³/mol. The summed E-state index contributed by atoms with van der Waals surface area (Å²) in [6, 6.07) is 8.19. The summed E-state index contributed by atoms with van der Waals surface area (Å²) in [5.74, 6) is 1.91. The molecule has 0 saturated heterocycles. The number of imidazole rings is 1. The summed E-state index contributed by atoms with van der Waals surface area (Å²) in [7, 11) is 0. The van der Waals surface area contributed by atoms with Crippen LogP contribution in [0.4, 0.5) is 5.69 Å². The number of hydrogen-bond donors (Lipinski definition) is 2. The first-order valence-corrected chi connectivity index (χ1v) is 7.74. The fourth-order valence-corrected chi connectivity index (χ4v) is 2.26. The van der Waals surface area contributed by atoms with Crippen LogP contribution in [-0.2, 0) is 19.5 Å². The Morgan fingerprint density at radius 3 is 2.95 bits per heavy atom. The molecule has 2 rings (SSSR count). The molecule has 0 radical (unpaired) electrons. The number of guanidine groups is 1. The molecule has 0 spiro atoms. The topological polar surface area (TPSA) is 68.2 Å². The molecule has 0 aliphatic heterocycles. The van der Waals surface area contributed by atoms with Crippen LogP contribution in [0.25, 0.3) is 0 Å². The second kappa shape index (κ2) is 7.64. The lowest BCUT2D eigenvalue weighted by Gasteiger charge is -2.10. The van der Waals surface area contributed by atoms with Crippen LogP contribution in [0.3, 0.4) is 0 Å². The molecule has 0 bridgehead atoms.